The summed E-state index contributed by atoms with van der Waals surface area (Å²) in [6.45, 7) is 0.518. The molecule has 0 amide bonds. The zero-order valence-electron chi connectivity index (χ0n) is 10.8. The van der Waals surface area contributed by atoms with Gasteiger partial charge in [-0.25, -0.2) is 4.98 Å². The summed E-state index contributed by atoms with van der Waals surface area (Å²) in [5, 5.41) is 0. The highest BCUT2D eigenvalue weighted by molar-refractivity contribution is 5.37. The van der Waals surface area contributed by atoms with Gasteiger partial charge in [-0.1, -0.05) is 30.3 Å². The molecule has 2 aromatic rings. The molecule has 0 fully saturated rings. The van der Waals surface area contributed by atoms with E-state index in [0.29, 0.717) is 18.4 Å². The zero-order chi connectivity index (χ0) is 13.1. The van der Waals surface area contributed by atoms with Crippen molar-refractivity contribution >= 4 is 5.95 Å². The van der Waals surface area contributed by atoms with E-state index in [2.05, 4.69) is 9.97 Å². The summed E-state index contributed by atoms with van der Waals surface area (Å²) >= 11 is 0. The normalized spacial score (nSPS) is 13.9. The van der Waals surface area contributed by atoms with Crippen molar-refractivity contribution in [2.75, 3.05) is 5.73 Å². The molecule has 1 aromatic heterocycles. The third kappa shape index (κ3) is 2.67. The standard InChI is InChI=1S/C15H17N3O/c16-15-17-13-9-5-4-8-12(13)14(18-15)19-10-11-6-2-1-3-7-11/h1-3,6-7H,4-5,8-10H2,(H2,16,17,18). The maximum Gasteiger partial charge on any atom is 0.223 e. The largest absolute Gasteiger partial charge is 0.472 e. The van der Waals surface area contributed by atoms with Gasteiger partial charge in [-0.15, -0.1) is 0 Å². The first-order valence-corrected chi connectivity index (χ1v) is 6.65. The van der Waals surface area contributed by atoms with Crippen LogP contribution < -0.4 is 10.5 Å². The molecule has 0 bridgehead atoms. The van der Waals surface area contributed by atoms with E-state index in [4.69, 9.17) is 10.5 Å². The average molecular weight is 255 g/mol. The Kier molecular flexibility index (Phi) is 3.31. The fourth-order valence-electron chi connectivity index (χ4n) is 2.42. The Morgan fingerprint density at radius 2 is 1.84 bits per heavy atom. The van der Waals surface area contributed by atoms with Crippen molar-refractivity contribution < 1.29 is 4.74 Å². The lowest BCUT2D eigenvalue weighted by atomic mass is 9.97. The number of hydrogen-bond donors (Lipinski definition) is 1. The van der Waals surface area contributed by atoms with E-state index in [1.54, 1.807) is 0 Å². The minimum atomic E-state index is 0.309. The second kappa shape index (κ2) is 5.26. The molecule has 98 valence electrons. The molecule has 1 aliphatic carbocycles. The Morgan fingerprint density at radius 3 is 2.68 bits per heavy atom. The van der Waals surface area contributed by atoms with Crippen LogP contribution in [0, 0.1) is 0 Å². The molecule has 2 N–H and O–H groups in total. The summed E-state index contributed by atoms with van der Waals surface area (Å²) < 4.78 is 5.84. The van der Waals surface area contributed by atoms with Gasteiger partial charge in [0.25, 0.3) is 0 Å². The topological polar surface area (TPSA) is 61.0 Å². The number of aryl methyl sites for hydroxylation is 1. The van der Waals surface area contributed by atoms with Crippen LogP contribution in [0.5, 0.6) is 5.88 Å². The van der Waals surface area contributed by atoms with E-state index in [9.17, 15) is 0 Å². The van der Waals surface area contributed by atoms with Crippen molar-refractivity contribution in [3.05, 3.63) is 47.2 Å². The van der Waals surface area contributed by atoms with Crippen molar-refractivity contribution in [3.63, 3.8) is 0 Å². The molecule has 4 nitrogen and oxygen atoms in total. The lowest BCUT2D eigenvalue weighted by molar-refractivity contribution is 0.288. The Balaban J connectivity index is 1.82. The molecule has 1 aromatic carbocycles. The number of benzene rings is 1. The van der Waals surface area contributed by atoms with Gasteiger partial charge in [0.05, 0.1) is 5.69 Å². The fourth-order valence-corrected chi connectivity index (χ4v) is 2.42. The van der Waals surface area contributed by atoms with Crippen LogP contribution in [0.15, 0.2) is 30.3 Å². The SMILES string of the molecule is Nc1nc2c(c(OCc3ccccc3)n1)CCCC2. The molecule has 0 saturated heterocycles. The maximum absolute atomic E-state index is 5.84. The van der Waals surface area contributed by atoms with E-state index < -0.39 is 0 Å². The van der Waals surface area contributed by atoms with Crippen molar-refractivity contribution in [1.82, 2.24) is 9.97 Å². The summed E-state index contributed by atoms with van der Waals surface area (Å²) in [5.41, 5.74) is 9.07. The van der Waals surface area contributed by atoms with Gasteiger partial charge in [0.15, 0.2) is 0 Å². The minimum absolute atomic E-state index is 0.309. The highest BCUT2D eigenvalue weighted by atomic mass is 16.5. The number of ether oxygens (including phenoxy) is 1. The van der Waals surface area contributed by atoms with Crippen LogP contribution in [0.4, 0.5) is 5.95 Å². The Labute approximate surface area is 112 Å². The third-order valence-corrected chi connectivity index (χ3v) is 3.38. The predicted molar refractivity (Wildman–Crippen MR) is 73.9 cm³/mol. The van der Waals surface area contributed by atoms with Crippen LogP contribution in [-0.2, 0) is 19.4 Å². The quantitative estimate of drug-likeness (QED) is 0.915. The monoisotopic (exact) mass is 255 g/mol. The number of nitrogens with two attached hydrogens (primary N) is 1. The zero-order valence-corrected chi connectivity index (χ0v) is 10.8. The van der Waals surface area contributed by atoms with Gasteiger partial charge in [0.2, 0.25) is 11.8 Å². The molecular weight excluding hydrogens is 238 g/mol. The third-order valence-electron chi connectivity index (χ3n) is 3.38. The molecule has 3 rings (SSSR count). The van der Waals surface area contributed by atoms with Gasteiger partial charge in [-0.2, -0.15) is 4.98 Å². The molecule has 0 unspecified atom stereocenters. The number of fused-ring (bicyclic) bond motifs is 1. The van der Waals surface area contributed by atoms with Gasteiger partial charge in [0, 0.05) is 5.56 Å². The number of anilines is 1. The van der Waals surface area contributed by atoms with Gasteiger partial charge in [-0.3, -0.25) is 0 Å². The van der Waals surface area contributed by atoms with Crippen LogP contribution in [-0.4, -0.2) is 9.97 Å². The maximum atomic E-state index is 5.84. The van der Waals surface area contributed by atoms with Crippen LogP contribution >= 0.6 is 0 Å². The van der Waals surface area contributed by atoms with Crippen LogP contribution in [0.1, 0.15) is 29.7 Å². The molecule has 0 spiro atoms. The highest BCUT2D eigenvalue weighted by Gasteiger charge is 2.18. The van der Waals surface area contributed by atoms with Crippen LogP contribution in [0.3, 0.4) is 0 Å². The second-order valence-corrected chi connectivity index (χ2v) is 4.79. The van der Waals surface area contributed by atoms with Crippen molar-refractivity contribution in [3.8, 4) is 5.88 Å². The highest BCUT2D eigenvalue weighted by Crippen LogP contribution is 2.28. The van der Waals surface area contributed by atoms with E-state index in [0.717, 1.165) is 29.7 Å². The van der Waals surface area contributed by atoms with Gasteiger partial charge < -0.3 is 10.5 Å². The molecule has 1 heterocycles. The molecule has 0 aliphatic heterocycles. The molecule has 4 heteroatoms. The van der Waals surface area contributed by atoms with Crippen molar-refractivity contribution in [1.29, 1.82) is 0 Å². The molecular formula is C15H17N3O. The van der Waals surface area contributed by atoms with Gasteiger partial charge in [-0.05, 0) is 31.2 Å². The lowest BCUT2D eigenvalue weighted by Crippen LogP contribution is -2.12. The van der Waals surface area contributed by atoms with Gasteiger partial charge in [0.1, 0.15) is 6.61 Å². The summed E-state index contributed by atoms with van der Waals surface area (Å²) in [7, 11) is 0. The summed E-state index contributed by atoms with van der Waals surface area (Å²) in [4.78, 5) is 8.56. The van der Waals surface area contributed by atoms with Crippen molar-refractivity contribution in [2.45, 2.75) is 32.3 Å². The Hall–Kier alpha value is -2.10. The summed E-state index contributed by atoms with van der Waals surface area (Å²) in [6, 6.07) is 10.1. The minimum Gasteiger partial charge on any atom is -0.472 e. The molecule has 0 atom stereocenters. The molecule has 1 aliphatic rings. The smallest absolute Gasteiger partial charge is 0.223 e. The van der Waals surface area contributed by atoms with Crippen molar-refractivity contribution in [2.24, 2.45) is 0 Å². The Morgan fingerprint density at radius 1 is 1.05 bits per heavy atom. The van der Waals surface area contributed by atoms with Gasteiger partial charge >= 0.3 is 0 Å². The van der Waals surface area contributed by atoms with E-state index in [1.165, 1.54) is 12.8 Å². The fraction of sp³-hybridized carbons (Fsp3) is 0.333. The molecule has 19 heavy (non-hydrogen) atoms. The molecule has 0 saturated carbocycles. The summed E-state index contributed by atoms with van der Waals surface area (Å²) in [6.07, 6.45) is 4.30. The van der Waals surface area contributed by atoms with E-state index >= 15 is 0 Å². The summed E-state index contributed by atoms with van der Waals surface area (Å²) in [5.74, 6) is 0.967. The number of hydrogen-bond acceptors (Lipinski definition) is 4. The Bertz CT molecular complexity index is 569. The number of rotatable bonds is 3. The van der Waals surface area contributed by atoms with Crippen LogP contribution in [0.2, 0.25) is 0 Å². The first-order chi connectivity index (χ1) is 9.33. The predicted octanol–water partition coefficient (Wildman–Crippen LogP) is 2.52. The first-order valence-electron chi connectivity index (χ1n) is 6.65. The first kappa shape index (κ1) is 12.0. The average Bonchev–Trinajstić information content (AvgIpc) is 2.45. The molecule has 0 radical (unpaired) electrons. The number of nitrogens with zero attached hydrogens (tertiary/aromatic N) is 2. The van der Waals surface area contributed by atoms with E-state index in [1.807, 2.05) is 30.3 Å². The number of aromatic nitrogens is 2. The van der Waals surface area contributed by atoms with E-state index in [-0.39, 0.29) is 0 Å². The van der Waals surface area contributed by atoms with Crippen LogP contribution in [0.25, 0.3) is 0 Å². The lowest BCUT2D eigenvalue weighted by Gasteiger charge is -2.18. The second-order valence-electron chi connectivity index (χ2n) is 4.79. The number of nitrogen functional groups attached to an aromatic ring is 1.